The molecule has 0 aliphatic carbocycles. The van der Waals surface area contributed by atoms with Crippen molar-refractivity contribution in [2.24, 2.45) is 0 Å². The molecule has 0 amide bonds. The van der Waals surface area contributed by atoms with Crippen LogP contribution in [0.25, 0.3) is 0 Å². The van der Waals surface area contributed by atoms with Crippen LogP contribution < -0.4 is 34.7 Å². The van der Waals surface area contributed by atoms with E-state index in [1.807, 2.05) is 0 Å². The van der Waals surface area contributed by atoms with Crippen LogP contribution in [0.4, 0.5) is 0 Å². The van der Waals surface area contributed by atoms with E-state index >= 15 is 0 Å². The van der Waals surface area contributed by atoms with E-state index in [1.54, 1.807) is 20.8 Å². The molecular weight excluding hydrogens is 110 g/mol. The zero-order valence-corrected chi connectivity index (χ0v) is 6.91. The average Bonchev–Trinajstić information content (AvgIpc) is 0.722. The van der Waals surface area contributed by atoms with Gasteiger partial charge in [0.05, 0.1) is 0 Å². The molecule has 1 nitrogen and oxygen atoms in total. The molecule has 0 aromatic rings. The Morgan fingerprint density at radius 1 is 1.14 bits per heavy atom. The zero-order valence-electron chi connectivity index (χ0n) is 4.91. The monoisotopic (exact) mass is 120 g/mol. The van der Waals surface area contributed by atoms with Crippen LogP contribution in [0.15, 0.2) is 0 Å². The Hall–Kier alpha value is 1.96. The first kappa shape index (κ1) is 16.0. The van der Waals surface area contributed by atoms with Gasteiger partial charge in [-0.1, -0.05) is 20.8 Å². The fourth-order valence-corrected chi connectivity index (χ4v) is 0. The molecule has 7 heavy (non-hydrogen) atoms. The molecule has 0 saturated heterocycles. The third kappa shape index (κ3) is 73.6. The van der Waals surface area contributed by atoms with Crippen molar-refractivity contribution in [1.29, 1.82) is 0 Å². The van der Waals surface area contributed by atoms with E-state index in [9.17, 15) is 5.11 Å². The summed E-state index contributed by atoms with van der Waals surface area (Å²) < 4.78 is 0. The molecule has 34 valence electrons. The second kappa shape index (κ2) is 6.09. The molecule has 0 aliphatic rings. The first-order valence-corrected chi connectivity index (χ1v) is 1.70. The van der Waals surface area contributed by atoms with E-state index in [2.05, 4.69) is 0 Å². The van der Waals surface area contributed by atoms with Gasteiger partial charge in [-0.25, -0.2) is 0 Å². The predicted molar refractivity (Wildman–Crippen MR) is 26.9 cm³/mol. The summed E-state index contributed by atoms with van der Waals surface area (Å²) in [5.41, 5.74) is -0.750. The van der Waals surface area contributed by atoms with E-state index in [4.69, 9.17) is 0 Å². The van der Waals surface area contributed by atoms with E-state index < -0.39 is 5.60 Å². The van der Waals surface area contributed by atoms with Gasteiger partial charge < -0.3 is 5.11 Å². The quantitative estimate of drug-likeness (QED) is 0.304. The fourth-order valence-electron chi connectivity index (χ4n) is 0. The summed E-state index contributed by atoms with van der Waals surface area (Å²) in [6.45, 7) is 4.90. The van der Waals surface area contributed by atoms with Crippen LogP contribution in [0.2, 0.25) is 0 Å². The van der Waals surface area contributed by atoms with E-state index in [-0.39, 0.29) is 59.1 Å². The van der Waals surface area contributed by atoms with Crippen LogP contribution in [0.1, 0.15) is 20.8 Å². The van der Waals surface area contributed by atoms with E-state index in [0.717, 1.165) is 0 Å². The third-order valence-electron chi connectivity index (χ3n) is 0. The molecule has 0 heterocycles. The van der Waals surface area contributed by atoms with Crippen molar-refractivity contribution >= 4 is 29.6 Å². The Morgan fingerprint density at radius 2 is 1.14 bits per heavy atom. The van der Waals surface area contributed by atoms with Crippen molar-refractivity contribution in [2.75, 3.05) is 0 Å². The van der Waals surface area contributed by atoms with Crippen LogP contribution in [0, 0.1) is 0 Å². The number of hydrogen-bond acceptors (Lipinski definition) is 1. The topological polar surface area (TPSA) is 23.1 Å². The van der Waals surface area contributed by atoms with Crippen molar-refractivity contribution in [2.45, 2.75) is 26.4 Å². The first-order valence-electron chi connectivity index (χ1n) is 1.70. The Kier molecular flexibility index (Phi) is 13.9. The van der Waals surface area contributed by atoms with E-state index in [1.165, 1.54) is 0 Å². The SMILES string of the molecule is CC(C)(C)[O-].[Na+].[NaH]. The molecule has 0 radical (unpaired) electrons. The normalized spacial score (nSPS) is 8.57. The summed E-state index contributed by atoms with van der Waals surface area (Å²) in [5, 5.41) is 10.1. The van der Waals surface area contributed by atoms with Crippen LogP contribution in [0.5, 0.6) is 0 Å². The van der Waals surface area contributed by atoms with Gasteiger partial charge in [-0.05, 0) is 0 Å². The summed E-state index contributed by atoms with van der Waals surface area (Å²) in [7, 11) is 0. The van der Waals surface area contributed by atoms with Gasteiger partial charge in [-0.15, -0.1) is 5.60 Å². The van der Waals surface area contributed by atoms with Crippen molar-refractivity contribution < 1.29 is 34.7 Å². The molecule has 0 saturated carbocycles. The number of rotatable bonds is 0. The molecule has 0 aromatic carbocycles. The summed E-state index contributed by atoms with van der Waals surface area (Å²) in [5.74, 6) is 0. The van der Waals surface area contributed by atoms with Crippen molar-refractivity contribution in [3.63, 3.8) is 0 Å². The molecule has 0 aliphatic heterocycles. The minimum atomic E-state index is -0.750. The molecule has 0 aromatic heterocycles. The maximum absolute atomic E-state index is 10.1. The Morgan fingerprint density at radius 3 is 1.14 bits per heavy atom. The molecule has 0 unspecified atom stereocenters. The van der Waals surface area contributed by atoms with Gasteiger partial charge in [0.15, 0.2) is 0 Å². The second-order valence-electron chi connectivity index (χ2n) is 2.11. The van der Waals surface area contributed by atoms with Crippen molar-refractivity contribution in [3.05, 3.63) is 0 Å². The average molecular weight is 120 g/mol. The van der Waals surface area contributed by atoms with Gasteiger partial charge in [-0.3, -0.25) is 0 Å². The Bertz CT molecular complexity index is 25.2. The summed E-state index contributed by atoms with van der Waals surface area (Å²) in [6.07, 6.45) is 0. The molecule has 0 spiro atoms. The standard InChI is InChI=1S/C4H9O.2Na.H/c1-4(2,3)5;;;/h1-3H3;;;/q-1;;+1;. The first-order chi connectivity index (χ1) is 2.00. The van der Waals surface area contributed by atoms with Gasteiger partial charge in [0.1, 0.15) is 0 Å². The molecule has 0 fully saturated rings. The number of hydrogen-bond donors (Lipinski definition) is 0. The molecule has 3 heteroatoms. The van der Waals surface area contributed by atoms with Crippen LogP contribution in [0.3, 0.4) is 0 Å². The predicted octanol–water partition coefficient (Wildman–Crippen LogP) is -3.50. The van der Waals surface area contributed by atoms with Gasteiger partial charge >= 0.3 is 59.1 Å². The molecule has 0 bridgehead atoms. The summed E-state index contributed by atoms with van der Waals surface area (Å²) in [4.78, 5) is 0. The fraction of sp³-hybridized carbons (Fsp3) is 1.00. The van der Waals surface area contributed by atoms with Crippen molar-refractivity contribution in [3.8, 4) is 0 Å². The third-order valence-corrected chi connectivity index (χ3v) is 0. The van der Waals surface area contributed by atoms with E-state index in [0.29, 0.717) is 0 Å². The Balaban J connectivity index is -0.0000000800. The Labute approximate surface area is 89.5 Å². The molecule has 0 atom stereocenters. The molecular formula is C4H10Na2O. The zero-order chi connectivity index (χ0) is 4.50. The summed E-state index contributed by atoms with van der Waals surface area (Å²) in [6, 6.07) is 0. The van der Waals surface area contributed by atoms with Crippen molar-refractivity contribution in [1.82, 2.24) is 0 Å². The molecule has 0 N–H and O–H groups in total. The second-order valence-corrected chi connectivity index (χ2v) is 2.11. The van der Waals surface area contributed by atoms with Gasteiger partial charge in [0, 0.05) is 0 Å². The van der Waals surface area contributed by atoms with Gasteiger partial charge in [0.2, 0.25) is 0 Å². The summed E-state index contributed by atoms with van der Waals surface area (Å²) >= 11 is 0. The van der Waals surface area contributed by atoms with Gasteiger partial charge in [0.25, 0.3) is 0 Å². The molecule has 0 rings (SSSR count). The van der Waals surface area contributed by atoms with Crippen LogP contribution in [-0.2, 0) is 0 Å². The van der Waals surface area contributed by atoms with Crippen LogP contribution >= 0.6 is 0 Å². The van der Waals surface area contributed by atoms with Gasteiger partial charge in [-0.2, -0.15) is 0 Å². The maximum atomic E-state index is 10.1. The minimum absolute atomic E-state index is 0. The van der Waals surface area contributed by atoms with Crippen LogP contribution in [-0.4, -0.2) is 35.2 Å².